The Bertz CT molecular complexity index is 412. The zero-order valence-electron chi connectivity index (χ0n) is 11.0. The molecule has 1 aliphatic rings. The summed E-state index contributed by atoms with van der Waals surface area (Å²) in [4.78, 5) is 0. The molecular weight excluding hydrogens is 208 g/mol. The van der Waals surface area contributed by atoms with E-state index in [1.165, 1.54) is 6.42 Å². The molecule has 0 aliphatic heterocycles. The molecule has 2 atom stereocenters. The van der Waals surface area contributed by atoms with Gasteiger partial charge in [0.25, 0.3) is 0 Å². The Morgan fingerprint density at radius 2 is 1.76 bits per heavy atom. The molecule has 1 heteroatoms. The predicted molar refractivity (Wildman–Crippen MR) is 72.2 cm³/mol. The summed E-state index contributed by atoms with van der Waals surface area (Å²) in [6.45, 7) is 6.88. The lowest BCUT2D eigenvalue weighted by atomic mass is 9.72. The summed E-state index contributed by atoms with van der Waals surface area (Å²) in [5.41, 5.74) is 1.41. The van der Waals surface area contributed by atoms with Gasteiger partial charge in [-0.15, -0.1) is 0 Å². The summed E-state index contributed by atoms with van der Waals surface area (Å²) in [7, 11) is 0. The highest BCUT2D eigenvalue weighted by atomic mass is 16.3. The Hall–Kier alpha value is -1.24. The largest absolute Gasteiger partial charge is 0.508 e. The summed E-state index contributed by atoms with van der Waals surface area (Å²) in [5, 5.41) is 9.85. The van der Waals surface area contributed by atoms with Crippen LogP contribution in [-0.2, 0) is 0 Å². The van der Waals surface area contributed by atoms with Gasteiger partial charge in [0.1, 0.15) is 5.75 Å². The third kappa shape index (κ3) is 2.71. The van der Waals surface area contributed by atoms with Crippen molar-refractivity contribution < 1.29 is 5.11 Å². The first kappa shape index (κ1) is 12.2. The van der Waals surface area contributed by atoms with E-state index in [0.29, 0.717) is 23.0 Å². The number of aromatic hydroxyl groups is 1. The number of hydrogen-bond acceptors (Lipinski definition) is 1. The molecule has 17 heavy (non-hydrogen) atoms. The van der Waals surface area contributed by atoms with E-state index in [2.05, 4.69) is 32.9 Å². The van der Waals surface area contributed by atoms with Crippen molar-refractivity contribution in [2.75, 3.05) is 0 Å². The maximum atomic E-state index is 9.85. The fourth-order valence-electron chi connectivity index (χ4n) is 2.60. The molecule has 0 radical (unpaired) electrons. The van der Waals surface area contributed by atoms with Crippen molar-refractivity contribution in [3.05, 3.63) is 42.0 Å². The molecule has 0 bridgehead atoms. The monoisotopic (exact) mass is 230 g/mol. The van der Waals surface area contributed by atoms with Gasteiger partial charge in [0.15, 0.2) is 0 Å². The molecule has 1 aromatic rings. The zero-order chi connectivity index (χ0) is 12.5. The van der Waals surface area contributed by atoms with Gasteiger partial charge in [0.2, 0.25) is 0 Å². The van der Waals surface area contributed by atoms with Gasteiger partial charge in [-0.2, -0.15) is 0 Å². The van der Waals surface area contributed by atoms with Crippen LogP contribution >= 0.6 is 0 Å². The maximum Gasteiger partial charge on any atom is 0.119 e. The summed E-state index contributed by atoms with van der Waals surface area (Å²) in [6.07, 6.45) is 6.95. The average molecular weight is 230 g/mol. The van der Waals surface area contributed by atoms with Crippen molar-refractivity contribution in [3.63, 3.8) is 0 Å². The smallest absolute Gasteiger partial charge is 0.119 e. The molecule has 0 spiro atoms. The minimum Gasteiger partial charge on any atom is -0.508 e. The lowest BCUT2D eigenvalue weighted by Crippen LogP contribution is -2.21. The molecule has 0 saturated carbocycles. The Morgan fingerprint density at radius 1 is 1.06 bits per heavy atom. The lowest BCUT2D eigenvalue weighted by molar-refractivity contribution is 0.262. The van der Waals surface area contributed by atoms with Crippen LogP contribution in [0.2, 0.25) is 0 Å². The Labute approximate surface area is 104 Å². The molecule has 2 unspecified atom stereocenters. The van der Waals surface area contributed by atoms with Crippen LogP contribution < -0.4 is 0 Å². The van der Waals surface area contributed by atoms with E-state index in [0.717, 1.165) is 12.0 Å². The van der Waals surface area contributed by atoms with Crippen LogP contribution in [0, 0.1) is 11.3 Å². The van der Waals surface area contributed by atoms with Crippen LogP contribution in [-0.4, -0.2) is 5.11 Å². The highest BCUT2D eigenvalue weighted by molar-refractivity contribution is 5.37. The third-order valence-electron chi connectivity index (χ3n) is 3.81. The first-order valence-electron chi connectivity index (χ1n) is 6.44. The molecular formula is C16H22O. The normalized spacial score (nSPS) is 24.9. The second kappa shape index (κ2) is 4.56. The number of rotatable bonds is 1. The molecule has 0 heterocycles. The Morgan fingerprint density at radius 3 is 2.29 bits per heavy atom. The topological polar surface area (TPSA) is 20.2 Å². The summed E-state index contributed by atoms with van der Waals surface area (Å²) >= 11 is 0. The van der Waals surface area contributed by atoms with E-state index in [4.69, 9.17) is 0 Å². The number of allylic oxidation sites excluding steroid dienone is 2. The SMILES string of the molecule is CC(C)(C)C1C=CC(c2ccccc2O)CC1. The van der Waals surface area contributed by atoms with Crippen molar-refractivity contribution in [1.29, 1.82) is 0 Å². The van der Waals surface area contributed by atoms with E-state index in [1.807, 2.05) is 18.2 Å². The highest BCUT2D eigenvalue weighted by Gasteiger charge is 2.26. The standard InChI is InChI=1S/C16H22O/c1-16(2,3)13-10-8-12(9-11-13)14-6-4-5-7-15(14)17/h4-8,10,12-13,17H,9,11H2,1-3H3. The number of para-hydroxylation sites is 1. The zero-order valence-corrected chi connectivity index (χ0v) is 11.0. The van der Waals surface area contributed by atoms with Crippen molar-refractivity contribution >= 4 is 0 Å². The predicted octanol–water partition coefficient (Wildman–Crippen LogP) is 4.49. The highest BCUT2D eigenvalue weighted by Crippen LogP contribution is 2.40. The molecule has 1 aromatic carbocycles. The summed E-state index contributed by atoms with van der Waals surface area (Å²) < 4.78 is 0. The molecule has 0 amide bonds. The fraction of sp³-hybridized carbons (Fsp3) is 0.500. The van der Waals surface area contributed by atoms with Crippen molar-refractivity contribution in [2.24, 2.45) is 11.3 Å². The van der Waals surface area contributed by atoms with Gasteiger partial charge in [0.05, 0.1) is 0 Å². The van der Waals surface area contributed by atoms with Crippen LogP contribution in [0.25, 0.3) is 0 Å². The van der Waals surface area contributed by atoms with Gasteiger partial charge >= 0.3 is 0 Å². The molecule has 1 N–H and O–H groups in total. The number of phenolic OH excluding ortho intramolecular Hbond substituents is 1. The number of phenols is 1. The first-order valence-corrected chi connectivity index (χ1v) is 6.44. The van der Waals surface area contributed by atoms with Gasteiger partial charge in [0, 0.05) is 11.5 Å². The van der Waals surface area contributed by atoms with E-state index in [9.17, 15) is 5.11 Å². The van der Waals surface area contributed by atoms with Gasteiger partial charge in [-0.25, -0.2) is 0 Å². The molecule has 0 fully saturated rings. The van der Waals surface area contributed by atoms with E-state index in [1.54, 1.807) is 6.07 Å². The minimum atomic E-state index is 0.347. The maximum absolute atomic E-state index is 9.85. The molecule has 92 valence electrons. The van der Waals surface area contributed by atoms with Crippen LogP contribution in [0.4, 0.5) is 0 Å². The average Bonchev–Trinajstić information content (AvgIpc) is 2.29. The molecule has 1 nitrogen and oxygen atoms in total. The first-order chi connectivity index (χ1) is 7.98. The molecule has 0 aromatic heterocycles. The van der Waals surface area contributed by atoms with Crippen molar-refractivity contribution in [1.82, 2.24) is 0 Å². The Balaban J connectivity index is 2.16. The van der Waals surface area contributed by atoms with E-state index < -0.39 is 0 Å². The van der Waals surface area contributed by atoms with Crippen molar-refractivity contribution in [3.8, 4) is 5.75 Å². The molecule has 0 saturated heterocycles. The van der Waals surface area contributed by atoms with Gasteiger partial charge in [-0.05, 0) is 30.2 Å². The van der Waals surface area contributed by atoms with E-state index in [-0.39, 0.29) is 0 Å². The minimum absolute atomic E-state index is 0.347. The second-order valence-electron chi connectivity index (χ2n) is 6.10. The van der Waals surface area contributed by atoms with Gasteiger partial charge in [-0.1, -0.05) is 51.1 Å². The van der Waals surface area contributed by atoms with Crippen LogP contribution in [0.15, 0.2) is 36.4 Å². The van der Waals surface area contributed by atoms with Crippen molar-refractivity contribution in [2.45, 2.75) is 39.5 Å². The molecule has 1 aliphatic carbocycles. The molecule has 2 rings (SSSR count). The quantitative estimate of drug-likeness (QED) is 0.705. The third-order valence-corrected chi connectivity index (χ3v) is 3.81. The van der Waals surface area contributed by atoms with Crippen LogP contribution in [0.5, 0.6) is 5.75 Å². The van der Waals surface area contributed by atoms with Gasteiger partial charge < -0.3 is 5.11 Å². The Kier molecular flexibility index (Phi) is 3.28. The fourth-order valence-corrected chi connectivity index (χ4v) is 2.60. The summed E-state index contributed by atoms with van der Waals surface area (Å²) in [6, 6.07) is 7.68. The van der Waals surface area contributed by atoms with Gasteiger partial charge in [-0.3, -0.25) is 0 Å². The van der Waals surface area contributed by atoms with E-state index >= 15 is 0 Å². The number of hydrogen-bond donors (Lipinski definition) is 1. The number of benzene rings is 1. The van der Waals surface area contributed by atoms with Crippen LogP contribution in [0.3, 0.4) is 0 Å². The summed E-state index contributed by atoms with van der Waals surface area (Å²) in [5.74, 6) is 1.47. The lowest BCUT2D eigenvalue weighted by Gasteiger charge is -2.33. The van der Waals surface area contributed by atoms with Crippen LogP contribution in [0.1, 0.15) is 45.1 Å². The second-order valence-corrected chi connectivity index (χ2v) is 6.10.